The van der Waals surface area contributed by atoms with Crippen LogP contribution in [0, 0.1) is 0 Å². The van der Waals surface area contributed by atoms with Gasteiger partial charge in [-0.1, -0.05) is 42.5 Å². The number of hydrogen-bond acceptors (Lipinski definition) is 7. The van der Waals surface area contributed by atoms with E-state index in [1.807, 2.05) is 47.4 Å². The predicted octanol–water partition coefficient (Wildman–Crippen LogP) is 3.04. The molecule has 0 aliphatic carbocycles. The zero-order valence-electron chi connectivity index (χ0n) is 23.5. The SMILES string of the molecule is Cl.Cl.O=C(Cc1cccc2ccccc12)Oc1ccc(C(=O)NCCN2CCN(CC(=O)N3CCOCC3)CC2)cc1. The summed E-state index contributed by atoms with van der Waals surface area (Å²) in [6.45, 7) is 7.75. The molecule has 0 spiro atoms. The summed E-state index contributed by atoms with van der Waals surface area (Å²) in [4.78, 5) is 44.0. The first-order valence-corrected chi connectivity index (χ1v) is 13.9. The molecule has 11 heteroatoms. The van der Waals surface area contributed by atoms with Gasteiger partial charge in [0.1, 0.15) is 5.75 Å². The second kappa shape index (κ2) is 16.4. The molecule has 2 fully saturated rings. The molecule has 2 heterocycles. The smallest absolute Gasteiger partial charge is 0.315 e. The van der Waals surface area contributed by atoms with E-state index in [4.69, 9.17) is 9.47 Å². The summed E-state index contributed by atoms with van der Waals surface area (Å²) >= 11 is 0. The van der Waals surface area contributed by atoms with E-state index in [9.17, 15) is 14.4 Å². The molecule has 0 aromatic heterocycles. The zero-order valence-corrected chi connectivity index (χ0v) is 25.2. The topological polar surface area (TPSA) is 91.4 Å². The Morgan fingerprint density at radius 2 is 1.45 bits per heavy atom. The number of fused-ring (bicyclic) bond motifs is 1. The number of hydrogen-bond donors (Lipinski definition) is 1. The van der Waals surface area contributed by atoms with Crippen molar-refractivity contribution in [1.82, 2.24) is 20.0 Å². The van der Waals surface area contributed by atoms with Gasteiger partial charge in [0, 0.05) is 57.9 Å². The van der Waals surface area contributed by atoms with Gasteiger partial charge in [-0.15, -0.1) is 24.8 Å². The van der Waals surface area contributed by atoms with Gasteiger partial charge in [-0.05, 0) is 40.6 Å². The fraction of sp³-hybridized carbons (Fsp3) is 0.387. The first kappa shape index (κ1) is 33.3. The van der Waals surface area contributed by atoms with Gasteiger partial charge < -0.3 is 19.7 Å². The molecule has 0 bridgehead atoms. The molecule has 42 heavy (non-hydrogen) atoms. The van der Waals surface area contributed by atoms with Gasteiger partial charge >= 0.3 is 5.97 Å². The molecule has 9 nitrogen and oxygen atoms in total. The summed E-state index contributed by atoms with van der Waals surface area (Å²) in [5.41, 5.74) is 1.43. The molecule has 2 aliphatic heterocycles. The van der Waals surface area contributed by atoms with Crippen LogP contribution in [0.3, 0.4) is 0 Å². The van der Waals surface area contributed by atoms with Crippen molar-refractivity contribution < 1.29 is 23.9 Å². The highest BCUT2D eigenvalue weighted by molar-refractivity contribution is 5.94. The second-order valence-corrected chi connectivity index (χ2v) is 10.2. The Kier molecular flexibility index (Phi) is 13.0. The Bertz CT molecular complexity index is 1320. The van der Waals surface area contributed by atoms with Crippen molar-refractivity contribution in [2.75, 3.05) is 72.1 Å². The number of nitrogens with zero attached hydrogens (tertiary/aromatic N) is 3. The van der Waals surface area contributed by atoms with E-state index in [0.717, 1.165) is 49.1 Å². The number of esters is 1. The molecule has 2 aliphatic rings. The number of morpholine rings is 1. The number of ether oxygens (including phenoxy) is 2. The quantitative estimate of drug-likeness (QED) is 0.292. The maximum atomic E-state index is 12.6. The second-order valence-electron chi connectivity index (χ2n) is 10.2. The van der Waals surface area contributed by atoms with Crippen LogP contribution in [0.5, 0.6) is 5.75 Å². The van der Waals surface area contributed by atoms with Gasteiger partial charge in [0.15, 0.2) is 0 Å². The highest BCUT2D eigenvalue weighted by Gasteiger charge is 2.23. The fourth-order valence-electron chi connectivity index (χ4n) is 5.15. The molecule has 0 unspecified atom stereocenters. The van der Waals surface area contributed by atoms with Crippen LogP contribution in [-0.2, 0) is 20.7 Å². The summed E-state index contributed by atoms with van der Waals surface area (Å²) in [6, 6.07) is 20.5. The van der Waals surface area contributed by atoms with Crippen molar-refractivity contribution >= 4 is 53.4 Å². The maximum Gasteiger partial charge on any atom is 0.315 e. The van der Waals surface area contributed by atoms with Crippen molar-refractivity contribution in [3.05, 3.63) is 77.9 Å². The number of benzene rings is 3. The lowest BCUT2D eigenvalue weighted by Crippen LogP contribution is -2.52. The van der Waals surface area contributed by atoms with Gasteiger partial charge in [0.25, 0.3) is 5.91 Å². The van der Waals surface area contributed by atoms with Crippen molar-refractivity contribution in [1.29, 1.82) is 0 Å². The molecule has 0 atom stereocenters. The number of halogens is 2. The van der Waals surface area contributed by atoms with Crippen LogP contribution < -0.4 is 10.1 Å². The summed E-state index contributed by atoms with van der Waals surface area (Å²) < 4.78 is 10.8. The van der Waals surface area contributed by atoms with E-state index >= 15 is 0 Å². The summed E-state index contributed by atoms with van der Waals surface area (Å²) in [7, 11) is 0. The lowest BCUT2D eigenvalue weighted by atomic mass is 10.0. The van der Waals surface area contributed by atoms with E-state index in [1.54, 1.807) is 24.3 Å². The number of rotatable bonds is 9. The average Bonchev–Trinajstić information content (AvgIpc) is 2.99. The van der Waals surface area contributed by atoms with Crippen LogP contribution in [0.2, 0.25) is 0 Å². The van der Waals surface area contributed by atoms with Gasteiger partial charge in [-0.25, -0.2) is 0 Å². The third kappa shape index (κ3) is 9.14. The number of piperazine rings is 1. The first-order chi connectivity index (χ1) is 19.5. The summed E-state index contributed by atoms with van der Waals surface area (Å²) in [5.74, 6) is 0.0730. The number of amides is 2. The Morgan fingerprint density at radius 1 is 0.786 bits per heavy atom. The number of carbonyl (C=O) groups excluding carboxylic acids is 3. The third-order valence-corrected chi connectivity index (χ3v) is 7.46. The molecule has 3 aromatic carbocycles. The molecule has 2 saturated heterocycles. The Balaban J connectivity index is 0.00000242. The zero-order chi connectivity index (χ0) is 27.7. The maximum absolute atomic E-state index is 12.6. The van der Waals surface area contributed by atoms with Crippen LogP contribution in [0.4, 0.5) is 0 Å². The normalized spacial score (nSPS) is 15.8. The monoisotopic (exact) mass is 616 g/mol. The van der Waals surface area contributed by atoms with E-state index < -0.39 is 0 Å². The van der Waals surface area contributed by atoms with Crippen LogP contribution in [0.25, 0.3) is 10.8 Å². The lowest BCUT2D eigenvalue weighted by Gasteiger charge is -2.36. The third-order valence-electron chi connectivity index (χ3n) is 7.46. The summed E-state index contributed by atoms with van der Waals surface area (Å²) in [6.07, 6.45) is 0.169. The van der Waals surface area contributed by atoms with Gasteiger partial charge in [-0.2, -0.15) is 0 Å². The van der Waals surface area contributed by atoms with Crippen molar-refractivity contribution in [3.8, 4) is 5.75 Å². The largest absolute Gasteiger partial charge is 0.426 e. The average molecular weight is 618 g/mol. The summed E-state index contributed by atoms with van der Waals surface area (Å²) in [5, 5.41) is 5.09. The van der Waals surface area contributed by atoms with Crippen molar-refractivity contribution in [2.45, 2.75) is 6.42 Å². The highest BCUT2D eigenvalue weighted by Crippen LogP contribution is 2.20. The molecule has 0 radical (unpaired) electrons. The molecule has 0 saturated carbocycles. The van der Waals surface area contributed by atoms with Crippen LogP contribution in [-0.4, -0.2) is 105 Å². The van der Waals surface area contributed by atoms with Crippen LogP contribution in [0.1, 0.15) is 15.9 Å². The van der Waals surface area contributed by atoms with E-state index in [-0.39, 0.29) is 49.0 Å². The minimum atomic E-state index is -0.348. The predicted molar refractivity (Wildman–Crippen MR) is 167 cm³/mol. The molecule has 3 aromatic rings. The molecular formula is C31H38Cl2N4O5. The molecular weight excluding hydrogens is 579 g/mol. The minimum Gasteiger partial charge on any atom is -0.426 e. The Labute approximate surface area is 258 Å². The first-order valence-electron chi connectivity index (χ1n) is 13.9. The molecule has 1 N–H and O–H groups in total. The highest BCUT2D eigenvalue weighted by atomic mass is 35.5. The van der Waals surface area contributed by atoms with Gasteiger partial charge in [0.05, 0.1) is 26.2 Å². The lowest BCUT2D eigenvalue weighted by molar-refractivity contribution is -0.137. The van der Waals surface area contributed by atoms with E-state index in [0.29, 0.717) is 50.7 Å². The number of nitrogens with one attached hydrogen (secondary N) is 1. The van der Waals surface area contributed by atoms with Crippen LogP contribution in [0.15, 0.2) is 66.7 Å². The van der Waals surface area contributed by atoms with Crippen LogP contribution >= 0.6 is 24.8 Å². The Morgan fingerprint density at radius 3 is 2.19 bits per heavy atom. The van der Waals surface area contributed by atoms with Crippen molar-refractivity contribution in [3.63, 3.8) is 0 Å². The van der Waals surface area contributed by atoms with E-state index in [1.165, 1.54) is 0 Å². The van der Waals surface area contributed by atoms with Gasteiger partial charge in [0.2, 0.25) is 5.91 Å². The molecule has 226 valence electrons. The van der Waals surface area contributed by atoms with Gasteiger partial charge in [-0.3, -0.25) is 24.2 Å². The van der Waals surface area contributed by atoms with Crippen molar-refractivity contribution in [2.24, 2.45) is 0 Å². The minimum absolute atomic E-state index is 0. The standard InChI is InChI=1S/C31H36N4O5.2ClH/c36-29(35-18-20-39-21-19-35)23-34-16-14-33(15-17-34)13-12-32-31(38)25-8-10-27(11-9-25)40-30(37)22-26-6-3-5-24-4-1-2-7-28(24)26;;/h1-11H,12-23H2,(H,32,38);2*1H. The molecule has 2 amide bonds. The number of carbonyl (C=O) groups is 3. The molecule has 5 rings (SSSR count). The fourth-order valence-corrected chi connectivity index (χ4v) is 5.15. The van der Waals surface area contributed by atoms with E-state index in [2.05, 4.69) is 15.1 Å². The Hall–Kier alpha value is -3.21.